The van der Waals surface area contributed by atoms with Crippen molar-refractivity contribution in [2.45, 2.75) is 18.4 Å². The molecular formula is C23H29N3O4S. The Morgan fingerprint density at radius 1 is 1.03 bits per heavy atom. The van der Waals surface area contributed by atoms with Gasteiger partial charge in [0.25, 0.3) is 0 Å². The molecule has 3 aromatic rings. The quantitative estimate of drug-likeness (QED) is 0.463. The van der Waals surface area contributed by atoms with E-state index in [1.54, 1.807) is 6.07 Å². The number of aromatic nitrogens is 1. The van der Waals surface area contributed by atoms with Crippen LogP contribution in [0.2, 0.25) is 0 Å². The smallest absolute Gasteiger partial charge is 0.131 e. The Kier molecular flexibility index (Phi) is 6.36. The highest BCUT2D eigenvalue weighted by Gasteiger charge is 2.27. The highest BCUT2D eigenvalue weighted by molar-refractivity contribution is 8.24. The van der Waals surface area contributed by atoms with Gasteiger partial charge in [0.2, 0.25) is 0 Å². The maximum absolute atomic E-state index is 10.7. The highest BCUT2D eigenvalue weighted by Crippen LogP contribution is 2.51. The fourth-order valence-electron chi connectivity index (χ4n) is 4.11. The molecule has 0 aliphatic carbocycles. The molecular weight excluding hydrogens is 414 g/mol. The van der Waals surface area contributed by atoms with Gasteiger partial charge in [0, 0.05) is 43.3 Å². The minimum absolute atomic E-state index is 0.0248. The first-order valence-electron chi connectivity index (χ1n) is 10.4. The lowest BCUT2D eigenvalue weighted by atomic mass is 10.1. The van der Waals surface area contributed by atoms with Crippen molar-refractivity contribution < 1.29 is 19.3 Å². The number of aliphatic hydroxyl groups is 2. The highest BCUT2D eigenvalue weighted by atomic mass is 32.3. The van der Waals surface area contributed by atoms with Crippen LogP contribution in [0.5, 0.6) is 0 Å². The lowest BCUT2D eigenvalue weighted by Gasteiger charge is -2.32. The van der Waals surface area contributed by atoms with Crippen LogP contribution < -0.4 is 9.80 Å². The fourth-order valence-corrected chi connectivity index (χ4v) is 5.65. The van der Waals surface area contributed by atoms with Crippen molar-refractivity contribution in [3.05, 3.63) is 59.7 Å². The van der Waals surface area contributed by atoms with Crippen molar-refractivity contribution in [1.82, 2.24) is 4.98 Å². The van der Waals surface area contributed by atoms with Gasteiger partial charge < -0.3 is 20.0 Å². The number of hydrogen-bond donors (Lipinski definition) is 4. The normalized spacial score (nSPS) is 16.6. The van der Waals surface area contributed by atoms with Crippen LogP contribution in [0.1, 0.15) is 11.1 Å². The summed E-state index contributed by atoms with van der Waals surface area (Å²) in [6.45, 7) is 3.76. The summed E-state index contributed by atoms with van der Waals surface area (Å²) < 4.78 is 21.4. The summed E-state index contributed by atoms with van der Waals surface area (Å²) in [6.07, 6.45) is 0. The molecule has 1 aromatic heterocycles. The summed E-state index contributed by atoms with van der Waals surface area (Å²) in [5, 5.41) is 20.1. The van der Waals surface area contributed by atoms with Crippen LogP contribution in [0.4, 0.5) is 11.5 Å². The van der Waals surface area contributed by atoms with Crippen LogP contribution in [0.15, 0.2) is 53.4 Å². The van der Waals surface area contributed by atoms with Crippen molar-refractivity contribution in [1.29, 1.82) is 0 Å². The number of aryl methyl sites for hydroxylation is 1. The van der Waals surface area contributed by atoms with E-state index in [2.05, 4.69) is 11.0 Å². The first-order chi connectivity index (χ1) is 14.9. The topological polar surface area (TPSA) is 100 Å². The van der Waals surface area contributed by atoms with Crippen LogP contribution in [-0.4, -0.2) is 62.9 Å². The molecule has 7 nitrogen and oxygen atoms in total. The Labute approximate surface area is 183 Å². The molecule has 1 aliphatic rings. The van der Waals surface area contributed by atoms with Crippen LogP contribution in [-0.2, 0) is 6.54 Å². The summed E-state index contributed by atoms with van der Waals surface area (Å²) in [6, 6.07) is 15.5. The molecule has 31 heavy (non-hydrogen) atoms. The van der Waals surface area contributed by atoms with E-state index in [0.29, 0.717) is 31.1 Å². The largest absolute Gasteiger partial charge is 0.395 e. The lowest BCUT2D eigenvalue weighted by molar-refractivity contribution is 0.281. The van der Waals surface area contributed by atoms with Gasteiger partial charge >= 0.3 is 0 Å². The number of fused-ring (bicyclic) bond motifs is 2. The molecule has 0 amide bonds. The van der Waals surface area contributed by atoms with Gasteiger partial charge in [-0.05, 0) is 30.7 Å². The van der Waals surface area contributed by atoms with Crippen molar-refractivity contribution in [2.75, 3.05) is 48.4 Å². The first kappa shape index (κ1) is 21.9. The Morgan fingerprint density at radius 2 is 1.77 bits per heavy atom. The molecule has 0 saturated heterocycles. The van der Waals surface area contributed by atoms with Crippen LogP contribution >= 0.6 is 10.6 Å². The monoisotopic (exact) mass is 443 g/mol. The summed E-state index contributed by atoms with van der Waals surface area (Å²) >= 11 is 0. The average molecular weight is 444 g/mol. The van der Waals surface area contributed by atoms with Crippen molar-refractivity contribution in [3.63, 3.8) is 0 Å². The number of nitrogens with zero attached hydrogens (tertiary/aromatic N) is 3. The zero-order chi connectivity index (χ0) is 22.0. The third kappa shape index (κ3) is 4.49. The SMILES string of the molecule is Cc1ccc2nc(N3CCS(O)(O)c4ccccc4C3)cc(N(CCO)CCO)c2c1. The number of benzene rings is 2. The second-order valence-electron chi connectivity index (χ2n) is 7.85. The van der Waals surface area contributed by atoms with Gasteiger partial charge in [-0.1, -0.05) is 29.8 Å². The van der Waals surface area contributed by atoms with Crippen LogP contribution in [0, 0.1) is 6.92 Å². The van der Waals surface area contributed by atoms with Crippen molar-refractivity contribution in [3.8, 4) is 0 Å². The molecule has 0 bridgehead atoms. The molecule has 4 rings (SSSR count). The second-order valence-corrected chi connectivity index (χ2v) is 10.0. The zero-order valence-electron chi connectivity index (χ0n) is 17.6. The molecule has 0 spiro atoms. The fraction of sp³-hybridized carbons (Fsp3) is 0.348. The lowest BCUT2D eigenvalue weighted by Crippen LogP contribution is -2.31. The van der Waals surface area contributed by atoms with Crippen molar-refractivity contribution in [2.24, 2.45) is 0 Å². The predicted octanol–water partition coefficient (Wildman–Crippen LogP) is 3.46. The number of aliphatic hydroxyl groups excluding tert-OH is 2. The molecule has 1 aliphatic heterocycles. The van der Waals surface area contributed by atoms with E-state index in [0.717, 1.165) is 33.5 Å². The van der Waals surface area contributed by atoms with E-state index in [1.165, 1.54) is 0 Å². The van der Waals surface area contributed by atoms with Crippen LogP contribution in [0.25, 0.3) is 10.9 Å². The maximum Gasteiger partial charge on any atom is 0.131 e. The van der Waals surface area contributed by atoms with Gasteiger partial charge in [0.05, 0.1) is 29.4 Å². The number of rotatable bonds is 6. The molecule has 0 saturated carbocycles. The second kappa shape index (κ2) is 9.02. The Hall–Kier alpha value is -2.36. The van der Waals surface area contributed by atoms with Gasteiger partial charge in [-0.25, -0.2) is 4.98 Å². The maximum atomic E-state index is 10.7. The molecule has 166 valence electrons. The first-order valence-corrected chi connectivity index (χ1v) is 12.1. The number of anilines is 2. The standard InChI is InChI=1S/C23H29N3O4S/c1-17-6-7-20-19(14-17)21(25(8-11-27)9-12-28)15-23(24-20)26-10-13-31(29,30)22-5-3-2-4-18(22)16-26/h2-7,14-15,27-30H,8-13,16H2,1H3. The van der Waals surface area contributed by atoms with Gasteiger partial charge in [-0.15, -0.1) is 0 Å². The summed E-state index contributed by atoms with van der Waals surface area (Å²) in [4.78, 5) is 9.53. The van der Waals surface area contributed by atoms with Gasteiger partial charge in [-0.3, -0.25) is 9.11 Å². The molecule has 4 N–H and O–H groups in total. The molecule has 0 radical (unpaired) electrons. The van der Waals surface area contributed by atoms with Gasteiger partial charge in [-0.2, -0.15) is 10.6 Å². The van der Waals surface area contributed by atoms with Gasteiger partial charge in [0.1, 0.15) is 5.82 Å². The Morgan fingerprint density at radius 3 is 2.52 bits per heavy atom. The van der Waals surface area contributed by atoms with E-state index in [-0.39, 0.29) is 19.0 Å². The van der Waals surface area contributed by atoms with E-state index in [1.807, 2.05) is 48.2 Å². The summed E-state index contributed by atoms with van der Waals surface area (Å²) in [5.41, 5.74) is 3.71. The number of hydrogen-bond acceptors (Lipinski definition) is 7. The summed E-state index contributed by atoms with van der Waals surface area (Å²) in [5.74, 6) is 0.975. The third-order valence-electron chi connectivity index (χ3n) is 5.67. The van der Waals surface area contributed by atoms with E-state index >= 15 is 0 Å². The van der Waals surface area contributed by atoms with E-state index in [4.69, 9.17) is 4.98 Å². The van der Waals surface area contributed by atoms with E-state index < -0.39 is 10.6 Å². The molecule has 0 atom stereocenters. The average Bonchev–Trinajstić information content (AvgIpc) is 2.89. The summed E-state index contributed by atoms with van der Waals surface area (Å²) in [7, 11) is -2.86. The molecule has 8 heteroatoms. The predicted molar refractivity (Wildman–Crippen MR) is 126 cm³/mol. The minimum Gasteiger partial charge on any atom is -0.395 e. The zero-order valence-corrected chi connectivity index (χ0v) is 18.4. The van der Waals surface area contributed by atoms with Gasteiger partial charge in [0.15, 0.2) is 0 Å². The molecule has 2 aromatic carbocycles. The van der Waals surface area contributed by atoms with Crippen molar-refractivity contribution >= 4 is 33.0 Å². The Balaban J connectivity index is 1.82. The molecule has 0 fully saturated rings. The third-order valence-corrected chi connectivity index (χ3v) is 7.52. The number of pyridine rings is 1. The van der Waals surface area contributed by atoms with E-state index in [9.17, 15) is 19.3 Å². The molecule has 0 unspecified atom stereocenters. The molecule has 2 heterocycles. The minimum atomic E-state index is -2.86. The van der Waals surface area contributed by atoms with Crippen LogP contribution in [0.3, 0.4) is 0 Å². The Bertz CT molecular complexity index is 1070.